The zero-order chi connectivity index (χ0) is 12.3. The standard InChI is InChI=1S/C12H11FN2O2/c1-17-8-4-5-10(9(13)7-8)15-12(16)11-3-2-6-14-11/h2-7,14H,1H3,(H,15,16). The van der Waals surface area contributed by atoms with E-state index >= 15 is 0 Å². The van der Waals surface area contributed by atoms with E-state index in [9.17, 15) is 9.18 Å². The van der Waals surface area contributed by atoms with Crippen molar-refractivity contribution in [1.82, 2.24) is 4.98 Å². The molecule has 1 aromatic heterocycles. The number of H-pyrrole nitrogens is 1. The van der Waals surface area contributed by atoms with Crippen LogP contribution in [-0.2, 0) is 0 Å². The van der Waals surface area contributed by atoms with Gasteiger partial charge in [0.15, 0.2) is 0 Å². The Bertz CT molecular complexity index is 523. The average molecular weight is 234 g/mol. The molecule has 1 amide bonds. The van der Waals surface area contributed by atoms with Crippen LogP contribution < -0.4 is 10.1 Å². The topological polar surface area (TPSA) is 54.1 Å². The van der Waals surface area contributed by atoms with Gasteiger partial charge in [-0.25, -0.2) is 4.39 Å². The van der Waals surface area contributed by atoms with Crippen molar-refractivity contribution in [1.29, 1.82) is 0 Å². The minimum absolute atomic E-state index is 0.116. The van der Waals surface area contributed by atoms with Crippen LogP contribution in [0, 0.1) is 5.82 Å². The largest absolute Gasteiger partial charge is 0.497 e. The first-order valence-corrected chi connectivity index (χ1v) is 4.99. The normalized spacial score (nSPS) is 10.0. The van der Waals surface area contributed by atoms with Gasteiger partial charge in [0, 0.05) is 12.3 Å². The van der Waals surface area contributed by atoms with Gasteiger partial charge in [-0.1, -0.05) is 0 Å². The van der Waals surface area contributed by atoms with Gasteiger partial charge in [-0.15, -0.1) is 0 Å². The Morgan fingerprint density at radius 3 is 2.82 bits per heavy atom. The molecule has 0 saturated carbocycles. The lowest BCUT2D eigenvalue weighted by molar-refractivity contribution is 0.102. The molecule has 88 valence electrons. The van der Waals surface area contributed by atoms with E-state index < -0.39 is 5.82 Å². The Kier molecular flexibility index (Phi) is 3.09. The Labute approximate surface area is 97.4 Å². The van der Waals surface area contributed by atoms with Crippen LogP contribution in [-0.4, -0.2) is 18.0 Å². The number of amides is 1. The molecule has 2 N–H and O–H groups in total. The summed E-state index contributed by atoms with van der Waals surface area (Å²) in [6.07, 6.45) is 1.62. The van der Waals surface area contributed by atoms with Crippen LogP contribution in [0.2, 0.25) is 0 Å². The fourth-order valence-corrected chi connectivity index (χ4v) is 1.39. The Morgan fingerprint density at radius 2 is 2.24 bits per heavy atom. The number of aromatic amines is 1. The molecule has 0 spiro atoms. The van der Waals surface area contributed by atoms with Crippen LogP contribution in [0.5, 0.6) is 5.75 Å². The molecule has 2 rings (SSSR count). The first-order valence-electron chi connectivity index (χ1n) is 4.99. The zero-order valence-corrected chi connectivity index (χ0v) is 9.16. The SMILES string of the molecule is COc1ccc(NC(=O)c2ccc[nH]2)c(F)c1. The minimum Gasteiger partial charge on any atom is -0.497 e. The van der Waals surface area contributed by atoms with Gasteiger partial charge in [0.25, 0.3) is 5.91 Å². The number of aromatic nitrogens is 1. The number of rotatable bonds is 3. The summed E-state index contributed by atoms with van der Waals surface area (Å²) in [7, 11) is 1.45. The van der Waals surface area contributed by atoms with Crippen molar-refractivity contribution < 1.29 is 13.9 Å². The first-order chi connectivity index (χ1) is 8.20. The van der Waals surface area contributed by atoms with E-state index in [0.29, 0.717) is 11.4 Å². The number of carbonyl (C=O) groups is 1. The second-order valence-corrected chi connectivity index (χ2v) is 3.38. The van der Waals surface area contributed by atoms with Gasteiger partial charge in [-0.05, 0) is 24.3 Å². The second-order valence-electron chi connectivity index (χ2n) is 3.38. The summed E-state index contributed by atoms with van der Waals surface area (Å²) < 4.78 is 18.4. The maximum absolute atomic E-state index is 13.5. The van der Waals surface area contributed by atoms with Crippen molar-refractivity contribution in [2.75, 3.05) is 12.4 Å². The van der Waals surface area contributed by atoms with Gasteiger partial charge in [0.2, 0.25) is 0 Å². The molecule has 17 heavy (non-hydrogen) atoms. The molecule has 0 aliphatic rings. The number of carbonyl (C=O) groups excluding carboxylic acids is 1. The maximum atomic E-state index is 13.5. The van der Waals surface area contributed by atoms with Crippen molar-refractivity contribution in [2.24, 2.45) is 0 Å². The number of benzene rings is 1. The number of methoxy groups -OCH3 is 1. The third-order valence-electron chi connectivity index (χ3n) is 2.27. The third kappa shape index (κ3) is 2.44. The summed E-state index contributed by atoms with van der Waals surface area (Å²) in [6, 6.07) is 7.54. The van der Waals surface area contributed by atoms with Crippen LogP contribution in [0.15, 0.2) is 36.5 Å². The van der Waals surface area contributed by atoms with Gasteiger partial charge >= 0.3 is 0 Å². The number of hydrogen-bond acceptors (Lipinski definition) is 2. The molecule has 0 fully saturated rings. The molecule has 5 heteroatoms. The molecule has 0 aliphatic heterocycles. The molecule has 0 saturated heterocycles. The van der Waals surface area contributed by atoms with Crippen molar-refractivity contribution >= 4 is 11.6 Å². The molecular weight excluding hydrogens is 223 g/mol. The summed E-state index contributed by atoms with van der Waals surface area (Å²) >= 11 is 0. The monoisotopic (exact) mass is 234 g/mol. The second kappa shape index (κ2) is 4.69. The van der Waals surface area contributed by atoms with Gasteiger partial charge < -0.3 is 15.0 Å². The summed E-state index contributed by atoms with van der Waals surface area (Å²) in [5, 5.41) is 2.46. The molecule has 4 nitrogen and oxygen atoms in total. The molecule has 2 aromatic rings. The van der Waals surface area contributed by atoms with E-state index in [2.05, 4.69) is 10.3 Å². The van der Waals surface area contributed by atoms with E-state index in [4.69, 9.17) is 4.74 Å². The lowest BCUT2D eigenvalue weighted by Crippen LogP contribution is -2.13. The van der Waals surface area contributed by atoms with Crippen LogP contribution in [0.3, 0.4) is 0 Å². The van der Waals surface area contributed by atoms with E-state index in [1.807, 2.05) is 0 Å². The summed E-state index contributed by atoms with van der Waals surface area (Å²) in [5.41, 5.74) is 0.491. The summed E-state index contributed by atoms with van der Waals surface area (Å²) in [4.78, 5) is 14.4. The summed E-state index contributed by atoms with van der Waals surface area (Å²) in [6.45, 7) is 0. The molecule has 0 atom stereocenters. The van der Waals surface area contributed by atoms with Crippen molar-refractivity contribution in [3.05, 3.63) is 48.0 Å². The zero-order valence-electron chi connectivity index (χ0n) is 9.16. The van der Waals surface area contributed by atoms with E-state index in [1.54, 1.807) is 24.4 Å². The molecule has 0 unspecified atom stereocenters. The van der Waals surface area contributed by atoms with Gasteiger partial charge in [-0.3, -0.25) is 4.79 Å². The highest BCUT2D eigenvalue weighted by atomic mass is 19.1. The highest BCUT2D eigenvalue weighted by Gasteiger charge is 2.10. The maximum Gasteiger partial charge on any atom is 0.272 e. The average Bonchev–Trinajstić information content (AvgIpc) is 2.85. The molecule has 1 heterocycles. The van der Waals surface area contributed by atoms with Crippen LogP contribution in [0.25, 0.3) is 0 Å². The molecular formula is C12H11FN2O2. The van der Waals surface area contributed by atoms with E-state index in [0.717, 1.165) is 0 Å². The minimum atomic E-state index is -0.538. The van der Waals surface area contributed by atoms with Gasteiger partial charge in [0.05, 0.1) is 12.8 Å². The number of nitrogens with one attached hydrogen (secondary N) is 2. The third-order valence-corrected chi connectivity index (χ3v) is 2.27. The van der Waals surface area contributed by atoms with E-state index in [-0.39, 0.29) is 11.6 Å². The van der Waals surface area contributed by atoms with Crippen molar-refractivity contribution in [3.8, 4) is 5.75 Å². The van der Waals surface area contributed by atoms with E-state index in [1.165, 1.54) is 19.2 Å². The number of anilines is 1. The molecule has 1 aromatic carbocycles. The highest BCUT2D eigenvalue weighted by Crippen LogP contribution is 2.20. The lowest BCUT2D eigenvalue weighted by Gasteiger charge is -2.06. The Morgan fingerprint density at radius 1 is 1.41 bits per heavy atom. The van der Waals surface area contributed by atoms with Crippen molar-refractivity contribution in [3.63, 3.8) is 0 Å². The highest BCUT2D eigenvalue weighted by molar-refractivity contribution is 6.03. The van der Waals surface area contributed by atoms with Gasteiger partial charge in [-0.2, -0.15) is 0 Å². The van der Waals surface area contributed by atoms with Crippen molar-refractivity contribution in [2.45, 2.75) is 0 Å². The van der Waals surface area contributed by atoms with Crippen LogP contribution in [0.4, 0.5) is 10.1 Å². The Balaban J connectivity index is 2.16. The fourth-order valence-electron chi connectivity index (χ4n) is 1.39. The smallest absolute Gasteiger partial charge is 0.272 e. The molecule has 0 aliphatic carbocycles. The van der Waals surface area contributed by atoms with Crippen LogP contribution >= 0.6 is 0 Å². The molecule has 0 radical (unpaired) electrons. The number of ether oxygens (including phenoxy) is 1. The number of halogens is 1. The Hall–Kier alpha value is -2.30. The molecule has 0 bridgehead atoms. The quantitative estimate of drug-likeness (QED) is 0.856. The summed E-state index contributed by atoms with van der Waals surface area (Å²) in [5.74, 6) is -0.524. The first kappa shape index (κ1) is 11.2. The van der Waals surface area contributed by atoms with Gasteiger partial charge in [0.1, 0.15) is 17.3 Å². The predicted molar refractivity (Wildman–Crippen MR) is 61.7 cm³/mol. The predicted octanol–water partition coefficient (Wildman–Crippen LogP) is 2.41. The fraction of sp³-hybridized carbons (Fsp3) is 0.0833. The lowest BCUT2D eigenvalue weighted by atomic mass is 10.2. The number of hydrogen-bond donors (Lipinski definition) is 2. The van der Waals surface area contributed by atoms with Crippen LogP contribution in [0.1, 0.15) is 10.5 Å².